The molecule has 2 aromatic carbocycles. The molecular formula is C29H24FeO2. The van der Waals surface area contributed by atoms with Crippen LogP contribution in [0.3, 0.4) is 0 Å². The van der Waals surface area contributed by atoms with Gasteiger partial charge in [0.2, 0.25) is 0 Å². The molecular weight excluding hydrogens is 436 g/mol. The van der Waals surface area contributed by atoms with Crippen LogP contribution in [0.25, 0.3) is 12.2 Å². The van der Waals surface area contributed by atoms with E-state index in [2.05, 4.69) is 0 Å². The van der Waals surface area contributed by atoms with E-state index in [9.17, 15) is 10.2 Å². The summed E-state index contributed by atoms with van der Waals surface area (Å²) in [5, 5.41) is 23.4. The third kappa shape index (κ3) is 7.63. The van der Waals surface area contributed by atoms with E-state index in [0.29, 0.717) is 0 Å². The third-order valence-electron chi connectivity index (χ3n) is 4.70. The molecule has 32 heavy (non-hydrogen) atoms. The fourth-order valence-corrected chi connectivity index (χ4v) is 2.98. The molecule has 0 N–H and O–H groups in total. The van der Waals surface area contributed by atoms with Crippen LogP contribution in [0.15, 0.2) is 144 Å². The average molecular weight is 460 g/mol. The molecule has 0 amide bonds. The van der Waals surface area contributed by atoms with Crippen LogP contribution >= 0.6 is 0 Å². The molecule has 2 aliphatic carbocycles. The van der Waals surface area contributed by atoms with Crippen molar-refractivity contribution in [2.24, 2.45) is 0 Å². The summed E-state index contributed by atoms with van der Waals surface area (Å²) < 4.78 is 0. The van der Waals surface area contributed by atoms with E-state index in [1.165, 1.54) is 0 Å². The van der Waals surface area contributed by atoms with Crippen molar-refractivity contribution in [3.05, 3.63) is 155 Å². The maximum atomic E-state index is 11.8. The van der Waals surface area contributed by atoms with Crippen molar-refractivity contribution in [3.63, 3.8) is 0 Å². The first-order chi connectivity index (χ1) is 15.1. The van der Waals surface area contributed by atoms with Gasteiger partial charge in [-0.05, 0) is 34.8 Å². The molecule has 0 heterocycles. The van der Waals surface area contributed by atoms with Crippen molar-refractivity contribution >= 4 is 12.2 Å². The van der Waals surface area contributed by atoms with Crippen LogP contribution < -0.4 is 10.2 Å². The molecule has 0 saturated heterocycles. The third-order valence-corrected chi connectivity index (χ3v) is 4.70. The van der Waals surface area contributed by atoms with Gasteiger partial charge >= 0.3 is 17.1 Å². The summed E-state index contributed by atoms with van der Waals surface area (Å²) in [6.45, 7) is 1.95. The van der Waals surface area contributed by atoms with Crippen LogP contribution in [0.5, 0.6) is 0 Å². The van der Waals surface area contributed by atoms with Gasteiger partial charge in [0, 0.05) is 0 Å². The maximum absolute atomic E-state index is 11.8. The Kier molecular flexibility index (Phi) is 10.1. The number of benzene rings is 2. The second-order valence-electron chi connectivity index (χ2n) is 7.01. The monoisotopic (exact) mass is 460 g/mol. The van der Waals surface area contributed by atoms with Gasteiger partial charge in [-0.3, -0.25) is 0 Å². The fraction of sp³-hybridized carbons (Fsp3) is 0.0345. The van der Waals surface area contributed by atoms with Gasteiger partial charge in [0.1, 0.15) is 0 Å². The molecule has 0 bridgehead atoms. The first kappa shape index (κ1) is 24.7. The van der Waals surface area contributed by atoms with E-state index < -0.39 is 0 Å². The quantitative estimate of drug-likeness (QED) is 0.461. The zero-order valence-electron chi connectivity index (χ0n) is 17.8. The zero-order chi connectivity index (χ0) is 21.9. The standard InChI is InChI=1S/C15H14O.C14H12O.Fe/c1-12-6-5-9-14(12)15(16)11-10-13-7-3-2-4-8-13;15-14(13-8-4-5-9-13)11-10-12-6-2-1-3-7-12;/h2-11,16H,1H3;1-11,15H;/q;;+2/p-2. The molecule has 2 nitrogen and oxygen atoms in total. The first-order valence-electron chi connectivity index (χ1n) is 10.1. The van der Waals surface area contributed by atoms with Gasteiger partial charge in [0.15, 0.2) is 0 Å². The fourth-order valence-electron chi connectivity index (χ4n) is 2.98. The minimum Gasteiger partial charge on any atom is -0.872 e. The number of hydrogen-bond donors (Lipinski definition) is 0. The van der Waals surface area contributed by atoms with Crippen LogP contribution in [-0.4, -0.2) is 0 Å². The average Bonchev–Trinajstić information content (AvgIpc) is 3.50. The molecule has 0 aliphatic heterocycles. The number of hydrogen-bond acceptors (Lipinski definition) is 2. The van der Waals surface area contributed by atoms with E-state index in [4.69, 9.17) is 0 Å². The SMILES string of the molecule is CC1=CC=CC1=C([O-])C=Cc1ccccc1.[Fe+2].[O-]C(C=Cc1ccccc1)=C1C=CC=C1. The van der Waals surface area contributed by atoms with Crippen LogP contribution in [-0.2, 0) is 17.1 Å². The maximum Gasteiger partial charge on any atom is 2.00 e. The van der Waals surface area contributed by atoms with Crippen molar-refractivity contribution < 1.29 is 27.3 Å². The van der Waals surface area contributed by atoms with E-state index in [1.807, 2.05) is 122 Å². The molecule has 2 aromatic rings. The summed E-state index contributed by atoms with van der Waals surface area (Å²) >= 11 is 0. The molecule has 0 atom stereocenters. The predicted octanol–water partition coefficient (Wildman–Crippen LogP) is 5.27. The van der Waals surface area contributed by atoms with E-state index in [0.717, 1.165) is 27.8 Å². The Morgan fingerprint density at radius 3 is 1.62 bits per heavy atom. The van der Waals surface area contributed by atoms with Crippen LogP contribution in [0, 0.1) is 0 Å². The summed E-state index contributed by atoms with van der Waals surface area (Å²) in [6, 6.07) is 19.6. The minimum atomic E-state index is 0. The summed E-state index contributed by atoms with van der Waals surface area (Å²) in [7, 11) is 0. The van der Waals surface area contributed by atoms with Gasteiger partial charge in [0.05, 0.1) is 0 Å². The molecule has 3 heteroatoms. The van der Waals surface area contributed by atoms with Crippen molar-refractivity contribution in [2.75, 3.05) is 0 Å². The molecule has 4 rings (SSSR count). The van der Waals surface area contributed by atoms with Gasteiger partial charge in [-0.25, -0.2) is 0 Å². The predicted molar refractivity (Wildman–Crippen MR) is 126 cm³/mol. The van der Waals surface area contributed by atoms with E-state index in [1.54, 1.807) is 12.2 Å². The summed E-state index contributed by atoms with van der Waals surface area (Å²) in [6.07, 6.45) is 20.0. The Hall–Kier alpha value is -3.52. The topological polar surface area (TPSA) is 46.1 Å². The Labute approximate surface area is 200 Å². The number of allylic oxidation sites excluding steroid dienone is 12. The molecule has 0 aromatic heterocycles. The van der Waals surface area contributed by atoms with Gasteiger partial charge in [0.25, 0.3) is 0 Å². The van der Waals surface area contributed by atoms with Crippen LogP contribution in [0.2, 0.25) is 0 Å². The largest absolute Gasteiger partial charge is 2.00 e. The summed E-state index contributed by atoms with van der Waals surface area (Å²) in [5.41, 5.74) is 4.63. The molecule has 0 radical (unpaired) electrons. The van der Waals surface area contributed by atoms with Gasteiger partial charge in [-0.2, -0.15) is 0 Å². The number of rotatable bonds is 4. The minimum absolute atomic E-state index is 0. The molecule has 0 unspecified atom stereocenters. The van der Waals surface area contributed by atoms with E-state index in [-0.39, 0.29) is 28.6 Å². The Bertz CT molecular complexity index is 1110. The van der Waals surface area contributed by atoms with Gasteiger partial charge in [-0.1, -0.05) is 127 Å². The van der Waals surface area contributed by atoms with E-state index >= 15 is 0 Å². The smallest absolute Gasteiger partial charge is 0.872 e. The molecule has 160 valence electrons. The van der Waals surface area contributed by atoms with Gasteiger partial charge < -0.3 is 10.2 Å². The molecule has 0 fully saturated rings. The van der Waals surface area contributed by atoms with Gasteiger partial charge in [-0.15, -0.1) is 11.5 Å². The summed E-state index contributed by atoms with van der Waals surface area (Å²) in [5.74, 6) is 0.107. The van der Waals surface area contributed by atoms with Crippen LogP contribution in [0.4, 0.5) is 0 Å². The molecule has 0 spiro atoms. The molecule has 2 aliphatic rings. The van der Waals surface area contributed by atoms with Crippen LogP contribution in [0.1, 0.15) is 18.1 Å². The Balaban J connectivity index is 0.000000220. The second kappa shape index (κ2) is 13.0. The second-order valence-corrected chi connectivity index (χ2v) is 7.01. The molecule has 0 saturated carbocycles. The van der Waals surface area contributed by atoms with Crippen molar-refractivity contribution in [1.82, 2.24) is 0 Å². The zero-order valence-corrected chi connectivity index (χ0v) is 18.9. The van der Waals surface area contributed by atoms with Crippen molar-refractivity contribution in [1.29, 1.82) is 0 Å². The summed E-state index contributed by atoms with van der Waals surface area (Å²) in [4.78, 5) is 0. The Morgan fingerprint density at radius 1 is 0.656 bits per heavy atom. The van der Waals surface area contributed by atoms with Crippen molar-refractivity contribution in [3.8, 4) is 0 Å². The first-order valence-corrected chi connectivity index (χ1v) is 10.1. The Morgan fingerprint density at radius 2 is 1.16 bits per heavy atom. The van der Waals surface area contributed by atoms with Crippen molar-refractivity contribution in [2.45, 2.75) is 6.92 Å². The normalized spacial score (nSPS) is 15.5.